The summed E-state index contributed by atoms with van der Waals surface area (Å²) >= 11 is 6.11. The predicted molar refractivity (Wildman–Crippen MR) is 168 cm³/mol. The van der Waals surface area contributed by atoms with Gasteiger partial charge in [0, 0.05) is 23.8 Å². The lowest BCUT2D eigenvalue weighted by Gasteiger charge is -2.19. The number of benzene rings is 4. The Morgan fingerprint density at radius 1 is 0.766 bits per heavy atom. The fraction of sp³-hybridized carbons (Fsp3) is 0.0385. The number of rotatable bonds is 9. The Labute approximate surface area is 271 Å². The van der Waals surface area contributed by atoms with Gasteiger partial charge >= 0.3 is 0 Å². The minimum Gasteiger partial charge on any atom is -0.505 e. The van der Waals surface area contributed by atoms with Crippen molar-refractivity contribution in [1.82, 2.24) is 15.0 Å². The molecule has 0 radical (unpaired) electrons. The van der Waals surface area contributed by atoms with Crippen LogP contribution >= 0.6 is 11.6 Å². The largest absolute Gasteiger partial charge is 0.505 e. The van der Waals surface area contributed by atoms with Crippen LogP contribution in [0.2, 0.25) is 5.28 Å². The number of hydrogen-bond acceptors (Lipinski definition) is 14. The topological polar surface area (TPSA) is 262 Å². The molecule has 0 bridgehead atoms. The first kappa shape index (κ1) is 33.5. The third-order valence-electron chi connectivity index (χ3n) is 6.41. The minimum atomic E-state index is -5.03. The van der Waals surface area contributed by atoms with E-state index in [2.05, 4.69) is 30.5 Å². The number of halogens is 1. The first-order chi connectivity index (χ1) is 21.9. The Kier molecular flexibility index (Phi) is 8.85. The summed E-state index contributed by atoms with van der Waals surface area (Å²) < 4.78 is 99.2. The number of nitrogens with zero attached hydrogens (tertiary/aromatic N) is 6. The molecule has 1 aromatic heterocycles. The third kappa shape index (κ3) is 7.44. The number of azo groups is 1. The number of fused-ring (bicyclic) bond motifs is 1. The molecule has 0 saturated carbocycles. The second-order valence-electron chi connectivity index (χ2n) is 9.51. The first-order valence-electron chi connectivity index (χ1n) is 12.7. The minimum absolute atomic E-state index is 0.00329. The van der Waals surface area contributed by atoms with Gasteiger partial charge in [-0.25, -0.2) is 0 Å². The molecule has 0 fully saturated rings. The number of aromatic nitrogens is 3. The summed E-state index contributed by atoms with van der Waals surface area (Å²) in [5.41, 5.74) is -0.370. The van der Waals surface area contributed by atoms with Gasteiger partial charge in [0.25, 0.3) is 30.4 Å². The molecule has 0 saturated heterocycles. The molecule has 0 aliphatic carbocycles. The lowest BCUT2D eigenvalue weighted by Crippen LogP contribution is -2.15. The molecule has 0 aliphatic heterocycles. The van der Waals surface area contributed by atoms with Gasteiger partial charge in [0.2, 0.25) is 17.2 Å². The fourth-order valence-corrected chi connectivity index (χ4v) is 6.12. The average molecular weight is 722 g/mol. The second-order valence-corrected chi connectivity index (χ2v) is 14.0. The zero-order valence-electron chi connectivity index (χ0n) is 23.5. The fourth-order valence-electron chi connectivity index (χ4n) is 4.20. The van der Waals surface area contributed by atoms with E-state index >= 15 is 0 Å². The standard InChI is InChI=1S/C26H20ClN7O10S3/c1-34(26-30-24(27)29-25(31-26)28-15-6-9-17(10-7-15)45(36,37)38)16-8-11-18-14(12-16)13-21(47(42,43)44)22(23(18)35)33-32-19-4-2-3-5-20(19)46(39,40)41/h2-13,35H,1H3,(H,36,37,38)(H,39,40,41)(H,42,43,44)(H,28,29,30,31). The molecule has 21 heteroatoms. The van der Waals surface area contributed by atoms with Crippen molar-refractivity contribution < 1.29 is 44.0 Å². The van der Waals surface area contributed by atoms with Crippen LogP contribution in [0.4, 0.5) is 34.6 Å². The molecule has 0 spiro atoms. The maximum Gasteiger partial charge on any atom is 0.296 e. The highest BCUT2D eigenvalue weighted by molar-refractivity contribution is 7.86. The summed E-state index contributed by atoms with van der Waals surface area (Å²) in [7, 11) is -12.6. The highest BCUT2D eigenvalue weighted by Gasteiger charge is 2.24. The molecular weight excluding hydrogens is 702 g/mol. The van der Waals surface area contributed by atoms with Crippen molar-refractivity contribution in [3.63, 3.8) is 0 Å². The maximum absolute atomic E-state index is 12.3. The predicted octanol–water partition coefficient (Wildman–Crippen LogP) is 5.05. The van der Waals surface area contributed by atoms with Gasteiger partial charge in [-0.3, -0.25) is 13.7 Å². The third-order valence-corrected chi connectivity index (χ3v) is 9.21. The zero-order valence-corrected chi connectivity index (χ0v) is 26.7. The van der Waals surface area contributed by atoms with Crippen molar-refractivity contribution in [2.24, 2.45) is 10.2 Å². The number of phenolic OH excluding ortho intramolecular Hbond substituents is 1. The molecule has 17 nitrogen and oxygen atoms in total. The molecule has 0 aliphatic rings. The van der Waals surface area contributed by atoms with E-state index in [0.717, 1.165) is 24.3 Å². The van der Waals surface area contributed by atoms with E-state index in [9.17, 15) is 39.5 Å². The van der Waals surface area contributed by atoms with Gasteiger partial charge in [-0.2, -0.15) is 40.2 Å². The van der Waals surface area contributed by atoms with Crippen LogP contribution in [-0.2, 0) is 30.4 Å². The molecule has 47 heavy (non-hydrogen) atoms. The van der Waals surface area contributed by atoms with E-state index < -0.39 is 51.6 Å². The van der Waals surface area contributed by atoms with Crippen molar-refractivity contribution in [3.8, 4) is 5.75 Å². The number of aromatic hydroxyl groups is 1. The Morgan fingerprint density at radius 2 is 1.43 bits per heavy atom. The molecule has 4 aromatic carbocycles. The molecule has 5 N–H and O–H groups in total. The highest BCUT2D eigenvalue weighted by atomic mass is 35.5. The maximum atomic E-state index is 12.3. The van der Waals surface area contributed by atoms with Crippen LogP contribution in [-0.4, -0.2) is 66.0 Å². The van der Waals surface area contributed by atoms with E-state index in [0.29, 0.717) is 11.4 Å². The summed E-state index contributed by atoms with van der Waals surface area (Å²) in [5.74, 6) is -0.750. The second kappa shape index (κ2) is 12.4. The zero-order chi connectivity index (χ0) is 34.3. The van der Waals surface area contributed by atoms with E-state index in [4.69, 9.17) is 16.2 Å². The lowest BCUT2D eigenvalue weighted by molar-refractivity contribution is 0.472. The summed E-state index contributed by atoms with van der Waals surface area (Å²) in [6, 6.07) is 15.3. The van der Waals surface area contributed by atoms with Crippen LogP contribution in [0.1, 0.15) is 0 Å². The van der Waals surface area contributed by atoms with E-state index in [-0.39, 0.29) is 38.5 Å². The summed E-state index contributed by atoms with van der Waals surface area (Å²) in [5, 5.41) is 21.2. The molecule has 0 amide bonds. The SMILES string of the molecule is CN(c1ccc2c(O)c(N=Nc3ccccc3S(=O)(=O)O)c(S(=O)(=O)O)cc2c1)c1nc(Cl)nc(Nc2ccc(S(=O)(=O)O)cc2)n1. The summed E-state index contributed by atoms with van der Waals surface area (Å²) in [6.07, 6.45) is 0. The average Bonchev–Trinajstić information content (AvgIpc) is 2.98. The molecule has 0 unspecified atom stereocenters. The Bertz CT molecular complexity index is 2410. The van der Waals surface area contributed by atoms with Crippen LogP contribution in [0.5, 0.6) is 5.75 Å². The van der Waals surface area contributed by atoms with Crippen molar-refractivity contribution in [2.45, 2.75) is 14.7 Å². The van der Waals surface area contributed by atoms with Crippen LogP contribution in [0.25, 0.3) is 10.8 Å². The van der Waals surface area contributed by atoms with Crippen molar-refractivity contribution in [3.05, 3.63) is 78.1 Å². The lowest BCUT2D eigenvalue weighted by atomic mass is 10.1. The quantitative estimate of drug-likeness (QED) is 0.0984. The molecule has 244 valence electrons. The summed E-state index contributed by atoms with van der Waals surface area (Å²) in [4.78, 5) is 12.0. The monoisotopic (exact) mass is 721 g/mol. The van der Waals surface area contributed by atoms with E-state index in [1.54, 1.807) is 0 Å². The Balaban J connectivity index is 1.52. The van der Waals surface area contributed by atoms with Crippen LogP contribution < -0.4 is 10.2 Å². The van der Waals surface area contributed by atoms with Gasteiger partial charge in [0.1, 0.15) is 21.2 Å². The van der Waals surface area contributed by atoms with Crippen LogP contribution in [0.3, 0.4) is 0 Å². The number of anilines is 4. The van der Waals surface area contributed by atoms with Gasteiger partial charge in [0.05, 0.1) is 4.90 Å². The Hall–Kier alpha value is -4.83. The number of phenols is 1. The van der Waals surface area contributed by atoms with Gasteiger partial charge < -0.3 is 15.3 Å². The van der Waals surface area contributed by atoms with Gasteiger partial charge in [-0.05, 0) is 77.7 Å². The normalized spacial score (nSPS) is 12.4. The Morgan fingerprint density at radius 3 is 2.06 bits per heavy atom. The molecule has 1 heterocycles. The van der Waals surface area contributed by atoms with Gasteiger partial charge in [0.15, 0.2) is 5.75 Å². The number of hydrogen-bond donors (Lipinski definition) is 5. The molecule has 0 atom stereocenters. The van der Waals surface area contributed by atoms with Gasteiger partial charge in [-0.1, -0.05) is 12.1 Å². The summed E-state index contributed by atoms with van der Waals surface area (Å²) in [6.45, 7) is 0. The smallest absolute Gasteiger partial charge is 0.296 e. The van der Waals surface area contributed by atoms with Crippen molar-refractivity contribution in [2.75, 3.05) is 17.3 Å². The molecular formula is C26H20ClN7O10S3. The molecule has 5 aromatic rings. The number of nitrogens with one attached hydrogen (secondary N) is 1. The van der Waals surface area contributed by atoms with Crippen LogP contribution in [0.15, 0.2) is 97.7 Å². The van der Waals surface area contributed by atoms with Crippen LogP contribution in [0, 0.1) is 0 Å². The van der Waals surface area contributed by atoms with E-state index in [1.165, 1.54) is 60.5 Å². The van der Waals surface area contributed by atoms with Crippen molar-refractivity contribution >= 4 is 87.4 Å². The molecule has 5 rings (SSSR count). The van der Waals surface area contributed by atoms with Gasteiger partial charge in [-0.15, -0.1) is 10.2 Å². The highest BCUT2D eigenvalue weighted by Crippen LogP contribution is 2.43. The van der Waals surface area contributed by atoms with Crippen molar-refractivity contribution in [1.29, 1.82) is 0 Å². The first-order valence-corrected chi connectivity index (χ1v) is 17.4. The van der Waals surface area contributed by atoms with E-state index in [1.807, 2.05) is 0 Å².